The Morgan fingerprint density at radius 1 is 0.867 bits per heavy atom. The minimum atomic E-state index is -4.82. The number of ether oxygens (including phenoxy) is 2. The molecule has 0 aliphatic rings. The molecule has 13 heteroatoms. The van der Waals surface area contributed by atoms with Crippen molar-refractivity contribution in [2.75, 3.05) is 18.5 Å². The number of amides is 1. The number of rotatable bonds is 9. The third-order valence-corrected chi connectivity index (χ3v) is 7.67. The van der Waals surface area contributed by atoms with Crippen LogP contribution in [0.25, 0.3) is 21.5 Å². The second kappa shape index (κ2) is 13.8. The first kappa shape index (κ1) is 33.7. The van der Waals surface area contributed by atoms with E-state index in [1.54, 1.807) is 37.3 Å². The molecule has 0 aliphatic heterocycles. The van der Waals surface area contributed by atoms with Gasteiger partial charge in [0.05, 0.1) is 16.3 Å². The number of carbonyl (C=O) groups excluding carboxylic acids is 1. The summed E-state index contributed by atoms with van der Waals surface area (Å²) in [6.07, 6.45) is 0. The molecule has 0 aromatic heterocycles. The number of nitrogens with one attached hydrogen (secondary N) is 1. The molecule has 0 saturated carbocycles. The smallest absolute Gasteiger partial charge is 0.744 e. The van der Waals surface area contributed by atoms with Crippen LogP contribution in [0, 0.1) is 13.8 Å². The first-order valence-electron chi connectivity index (χ1n) is 13.4. The van der Waals surface area contributed by atoms with E-state index >= 15 is 0 Å². The van der Waals surface area contributed by atoms with E-state index in [1.807, 2.05) is 37.3 Å². The zero-order valence-corrected chi connectivity index (χ0v) is 27.8. The van der Waals surface area contributed by atoms with Gasteiger partial charge < -0.3 is 29.6 Å². The zero-order chi connectivity index (χ0) is 31.6. The van der Waals surface area contributed by atoms with Gasteiger partial charge in [-0.2, -0.15) is 5.11 Å². The Hall–Kier alpha value is -4.20. The molecule has 1 amide bonds. The van der Waals surface area contributed by atoms with E-state index in [4.69, 9.17) is 9.47 Å². The second-order valence-electron chi connectivity index (χ2n) is 10.1. The van der Waals surface area contributed by atoms with Crippen LogP contribution in [0.15, 0.2) is 87.9 Å². The van der Waals surface area contributed by atoms with E-state index < -0.39 is 20.9 Å². The molecular weight excluding hydrogens is 609 g/mol. The summed E-state index contributed by atoms with van der Waals surface area (Å²) in [6.45, 7) is 5.25. The Morgan fingerprint density at radius 2 is 1.58 bits per heavy atom. The average molecular weight is 638 g/mol. The number of phenolic OH excluding ortho intramolecular Hbond substituents is 2. The Morgan fingerprint density at radius 3 is 2.27 bits per heavy atom. The van der Waals surface area contributed by atoms with Gasteiger partial charge in [0.25, 0.3) is 0 Å². The molecule has 0 radical (unpaired) electrons. The Labute approximate surface area is 281 Å². The van der Waals surface area contributed by atoms with Gasteiger partial charge in [-0.05, 0) is 78.9 Å². The minimum absolute atomic E-state index is 0. The number of hydrogen-bond acceptors (Lipinski definition) is 10. The topological polar surface area (TPSA) is 170 Å². The number of anilines is 1. The molecule has 0 atom stereocenters. The SMILES string of the molecule is CC(=O)Nc1cc(S(=O)(=O)[O-])cc2cc(C)c(N=Nc3ccc(OCCOc4cccc5c(O)c(C)ccc45)cc3)c(O)c12.[Na+]. The molecule has 0 saturated heterocycles. The maximum atomic E-state index is 11.7. The van der Waals surface area contributed by atoms with Gasteiger partial charge in [0.1, 0.15) is 46.3 Å². The number of nitrogens with zero attached hydrogens (tertiary/aromatic N) is 2. The van der Waals surface area contributed by atoms with Gasteiger partial charge in [0, 0.05) is 23.1 Å². The summed E-state index contributed by atoms with van der Waals surface area (Å²) in [4.78, 5) is 11.2. The number of hydrogen-bond donors (Lipinski definition) is 3. The molecule has 5 rings (SSSR count). The molecule has 5 aromatic rings. The van der Waals surface area contributed by atoms with E-state index in [1.165, 1.54) is 6.92 Å². The molecule has 0 spiro atoms. The van der Waals surface area contributed by atoms with Crippen LogP contribution in [0.4, 0.5) is 17.1 Å². The van der Waals surface area contributed by atoms with E-state index in [2.05, 4.69) is 15.5 Å². The van der Waals surface area contributed by atoms with Crippen molar-refractivity contribution in [2.45, 2.75) is 25.7 Å². The van der Waals surface area contributed by atoms with Crippen molar-refractivity contribution in [3.8, 4) is 23.0 Å². The van der Waals surface area contributed by atoms with Crippen molar-refractivity contribution in [1.82, 2.24) is 0 Å². The summed E-state index contributed by atoms with van der Waals surface area (Å²) in [5, 5.41) is 34.1. The fourth-order valence-corrected chi connectivity index (χ4v) is 5.29. The maximum Gasteiger partial charge on any atom is 1.00 e. The Balaban J connectivity index is 0.00000461. The zero-order valence-electron chi connectivity index (χ0n) is 25.0. The van der Waals surface area contributed by atoms with E-state index in [0.717, 1.165) is 28.5 Å². The molecule has 3 N–H and O–H groups in total. The van der Waals surface area contributed by atoms with Gasteiger partial charge in [0.15, 0.2) is 5.75 Å². The summed E-state index contributed by atoms with van der Waals surface area (Å²) in [5.74, 6) is 0.595. The van der Waals surface area contributed by atoms with Crippen LogP contribution in [0.2, 0.25) is 0 Å². The summed E-state index contributed by atoms with van der Waals surface area (Å²) in [6, 6.07) is 19.7. The van der Waals surface area contributed by atoms with Gasteiger partial charge in [-0.25, -0.2) is 8.42 Å². The summed E-state index contributed by atoms with van der Waals surface area (Å²) >= 11 is 0. The third kappa shape index (κ3) is 7.55. The number of aromatic hydroxyl groups is 2. The van der Waals surface area contributed by atoms with Crippen LogP contribution in [-0.4, -0.2) is 42.3 Å². The molecule has 0 fully saturated rings. The third-order valence-electron chi connectivity index (χ3n) is 6.85. The molecule has 11 nitrogen and oxygen atoms in total. The van der Waals surface area contributed by atoms with Gasteiger partial charge in [0.2, 0.25) is 5.91 Å². The number of benzene rings is 5. The van der Waals surface area contributed by atoms with Crippen molar-refractivity contribution in [3.63, 3.8) is 0 Å². The fraction of sp³-hybridized carbons (Fsp3) is 0.156. The number of carbonyl (C=O) groups is 1. The number of azo groups is 1. The molecule has 5 aromatic carbocycles. The predicted octanol–water partition coefficient (Wildman–Crippen LogP) is 3.76. The van der Waals surface area contributed by atoms with Crippen LogP contribution in [0.1, 0.15) is 18.1 Å². The van der Waals surface area contributed by atoms with Crippen molar-refractivity contribution >= 4 is 54.6 Å². The van der Waals surface area contributed by atoms with Gasteiger partial charge >= 0.3 is 29.6 Å². The summed E-state index contributed by atoms with van der Waals surface area (Å²) in [7, 11) is -4.82. The Kier molecular flexibility index (Phi) is 10.4. The Bertz CT molecular complexity index is 2050. The summed E-state index contributed by atoms with van der Waals surface area (Å²) in [5.41, 5.74) is 1.78. The van der Waals surface area contributed by atoms with Crippen LogP contribution in [-0.2, 0) is 14.9 Å². The van der Waals surface area contributed by atoms with Crippen LogP contribution < -0.4 is 44.3 Å². The normalized spacial score (nSPS) is 11.5. The molecule has 226 valence electrons. The minimum Gasteiger partial charge on any atom is -0.744 e. The monoisotopic (exact) mass is 637 g/mol. The van der Waals surface area contributed by atoms with Crippen molar-refractivity contribution in [1.29, 1.82) is 0 Å². The van der Waals surface area contributed by atoms with E-state index in [-0.39, 0.29) is 76.4 Å². The molecule has 0 aliphatic carbocycles. The van der Waals surface area contributed by atoms with Crippen molar-refractivity contribution < 1.29 is 67.0 Å². The molecular formula is C32H28N3NaO8S. The first-order chi connectivity index (χ1) is 20.9. The van der Waals surface area contributed by atoms with Crippen LogP contribution in [0.5, 0.6) is 23.0 Å². The number of phenols is 2. The predicted molar refractivity (Wildman–Crippen MR) is 165 cm³/mol. The van der Waals surface area contributed by atoms with Crippen molar-refractivity contribution in [2.24, 2.45) is 10.2 Å². The van der Waals surface area contributed by atoms with E-state index in [9.17, 15) is 28.0 Å². The first-order valence-corrected chi connectivity index (χ1v) is 14.9. The molecule has 0 bridgehead atoms. The molecule has 0 unspecified atom stereocenters. The number of aryl methyl sites for hydroxylation is 2. The quantitative estimate of drug-likeness (QED) is 0.0950. The number of fused-ring (bicyclic) bond motifs is 2. The van der Waals surface area contributed by atoms with Gasteiger partial charge in [-0.1, -0.05) is 24.3 Å². The largest absolute Gasteiger partial charge is 1.00 e. The second-order valence-corrected chi connectivity index (χ2v) is 11.4. The van der Waals surface area contributed by atoms with Crippen molar-refractivity contribution in [3.05, 3.63) is 83.9 Å². The molecule has 45 heavy (non-hydrogen) atoms. The fourth-order valence-electron chi connectivity index (χ4n) is 4.76. The van der Waals surface area contributed by atoms with Crippen LogP contribution in [0.3, 0.4) is 0 Å². The van der Waals surface area contributed by atoms with E-state index in [0.29, 0.717) is 22.7 Å². The summed E-state index contributed by atoms with van der Waals surface area (Å²) < 4.78 is 46.6. The van der Waals surface area contributed by atoms with Gasteiger partial charge in [-0.3, -0.25) is 4.79 Å². The maximum absolute atomic E-state index is 11.7. The average Bonchev–Trinajstić information content (AvgIpc) is 2.96. The molecule has 0 heterocycles. The van der Waals surface area contributed by atoms with Crippen LogP contribution >= 0.6 is 0 Å². The van der Waals surface area contributed by atoms with Gasteiger partial charge in [-0.15, -0.1) is 5.11 Å². The standard InChI is InChI=1S/C32H29N3O8S.Na/c1-18-7-12-25-26(31(18)37)5-4-6-28(25)43-14-13-42-23-10-8-22(9-11-23)34-35-30-19(2)15-21-16-24(44(39,40)41)17-27(33-20(3)36)29(21)32(30)38;/h4-12,15-17,37-38H,13-14H2,1-3H3,(H,33,36)(H,39,40,41);/q;+1/p-1.